The highest BCUT2D eigenvalue weighted by Crippen LogP contribution is 2.15. The molecule has 0 radical (unpaired) electrons. The van der Waals surface area contributed by atoms with E-state index >= 15 is 0 Å². The van der Waals surface area contributed by atoms with Crippen LogP contribution in [0.1, 0.15) is 23.8 Å². The van der Waals surface area contributed by atoms with Gasteiger partial charge in [-0.15, -0.1) is 0 Å². The van der Waals surface area contributed by atoms with Gasteiger partial charge in [0.2, 0.25) is 0 Å². The number of hydrogen-bond acceptors (Lipinski definition) is 3. The van der Waals surface area contributed by atoms with Gasteiger partial charge < -0.3 is 9.72 Å². The van der Waals surface area contributed by atoms with Gasteiger partial charge in [0.15, 0.2) is 5.78 Å². The van der Waals surface area contributed by atoms with Crippen molar-refractivity contribution in [1.29, 1.82) is 0 Å². The summed E-state index contributed by atoms with van der Waals surface area (Å²) in [6.45, 7) is 2.00. The number of fused-ring (bicyclic) bond motifs is 1. The Hall–Kier alpha value is -2.10. The summed E-state index contributed by atoms with van der Waals surface area (Å²) >= 11 is 0. The van der Waals surface area contributed by atoms with Crippen LogP contribution in [0.2, 0.25) is 0 Å². The lowest BCUT2D eigenvalue weighted by Gasteiger charge is -1.99. The summed E-state index contributed by atoms with van der Waals surface area (Å²) in [5, 5.41) is 0.958. The Morgan fingerprint density at radius 1 is 1.29 bits per heavy atom. The molecule has 1 N–H and O–H groups in total. The van der Waals surface area contributed by atoms with E-state index in [-0.39, 0.29) is 12.2 Å². The molecule has 0 unspecified atom stereocenters. The van der Waals surface area contributed by atoms with E-state index in [0.717, 1.165) is 10.9 Å². The van der Waals surface area contributed by atoms with Crippen molar-refractivity contribution < 1.29 is 14.3 Å². The van der Waals surface area contributed by atoms with E-state index in [2.05, 4.69) is 4.98 Å². The molecule has 0 bridgehead atoms. The molecule has 0 spiro atoms. The fourth-order valence-electron chi connectivity index (χ4n) is 1.66. The maximum atomic E-state index is 11.8. The monoisotopic (exact) mass is 231 g/mol. The minimum Gasteiger partial charge on any atom is -0.466 e. The number of rotatable bonds is 4. The first-order chi connectivity index (χ1) is 8.20. The van der Waals surface area contributed by atoms with Crippen LogP contribution in [0.25, 0.3) is 10.9 Å². The molecule has 0 atom stereocenters. The lowest BCUT2D eigenvalue weighted by Crippen LogP contribution is -2.11. The zero-order valence-corrected chi connectivity index (χ0v) is 9.53. The van der Waals surface area contributed by atoms with Crippen molar-refractivity contribution in [2.75, 3.05) is 6.61 Å². The zero-order chi connectivity index (χ0) is 12.3. The summed E-state index contributed by atoms with van der Waals surface area (Å²) in [6, 6.07) is 9.33. The largest absolute Gasteiger partial charge is 0.466 e. The Bertz CT molecular complexity index is 524. The molecule has 4 nitrogen and oxygen atoms in total. The second-order valence-corrected chi connectivity index (χ2v) is 3.68. The minimum absolute atomic E-state index is 0.222. The van der Waals surface area contributed by atoms with E-state index in [1.807, 2.05) is 24.3 Å². The number of ether oxygens (including phenoxy) is 1. The first-order valence-electron chi connectivity index (χ1n) is 5.47. The number of Topliss-reactive ketones (excluding diaryl/α,β-unsaturated/α-hetero) is 1. The van der Waals surface area contributed by atoms with Gasteiger partial charge in [0.1, 0.15) is 6.42 Å². The zero-order valence-electron chi connectivity index (χ0n) is 9.53. The highest BCUT2D eigenvalue weighted by Gasteiger charge is 2.14. The molecule has 0 amide bonds. The van der Waals surface area contributed by atoms with Gasteiger partial charge in [-0.2, -0.15) is 0 Å². The molecule has 0 fully saturated rings. The van der Waals surface area contributed by atoms with Crippen LogP contribution >= 0.6 is 0 Å². The molecular formula is C13H13NO3. The third kappa shape index (κ3) is 2.53. The SMILES string of the molecule is CCOC(=O)CC(=O)c1cc2ccccc2[nH]1. The predicted molar refractivity (Wildman–Crippen MR) is 63.9 cm³/mol. The van der Waals surface area contributed by atoms with Crippen LogP contribution < -0.4 is 0 Å². The van der Waals surface area contributed by atoms with Crippen LogP contribution in [-0.2, 0) is 9.53 Å². The second kappa shape index (κ2) is 4.82. The first-order valence-corrected chi connectivity index (χ1v) is 5.47. The van der Waals surface area contributed by atoms with Crippen LogP contribution in [0.4, 0.5) is 0 Å². The lowest BCUT2D eigenvalue weighted by atomic mass is 10.2. The third-order valence-corrected chi connectivity index (χ3v) is 2.44. The highest BCUT2D eigenvalue weighted by molar-refractivity contribution is 6.07. The third-order valence-electron chi connectivity index (χ3n) is 2.44. The van der Waals surface area contributed by atoms with E-state index < -0.39 is 5.97 Å². The number of hydrogen-bond donors (Lipinski definition) is 1. The summed E-state index contributed by atoms with van der Waals surface area (Å²) in [5.74, 6) is -0.740. The normalized spacial score (nSPS) is 10.4. The van der Waals surface area contributed by atoms with Crippen molar-refractivity contribution >= 4 is 22.7 Å². The molecule has 0 aliphatic heterocycles. The fourth-order valence-corrected chi connectivity index (χ4v) is 1.66. The molecule has 4 heteroatoms. The van der Waals surface area contributed by atoms with Crippen molar-refractivity contribution in [3.05, 3.63) is 36.0 Å². The number of aromatic nitrogens is 1. The van der Waals surface area contributed by atoms with E-state index in [9.17, 15) is 9.59 Å². The number of esters is 1. The number of H-pyrrole nitrogens is 1. The number of nitrogens with one attached hydrogen (secondary N) is 1. The van der Waals surface area contributed by atoms with Gasteiger partial charge in [-0.1, -0.05) is 18.2 Å². The Labute approximate surface area is 98.6 Å². The van der Waals surface area contributed by atoms with Crippen molar-refractivity contribution in [2.24, 2.45) is 0 Å². The summed E-state index contributed by atoms with van der Waals surface area (Å²) in [6.07, 6.45) is -0.222. The number of benzene rings is 1. The average Bonchev–Trinajstić information content (AvgIpc) is 2.72. The molecule has 1 aromatic carbocycles. The topological polar surface area (TPSA) is 59.2 Å². The number of carbonyl (C=O) groups is 2. The van der Waals surface area contributed by atoms with E-state index in [1.165, 1.54) is 0 Å². The predicted octanol–water partition coefficient (Wildman–Crippen LogP) is 2.30. The molecule has 2 aromatic rings. The van der Waals surface area contributed by atoms with Gasteiger partial charge in [0.25, 0.3) is 0 Å². The molecular weight excluding hydrogens is 218 g/mol. The van der Waals surface area contributed by atoms with Crippen molar-refractivity contribution in [1.82, 2.24) is 4.98 Å². The molecule has 0 aliphatic carbocycles. The molecule has 17 heavy (non-hydrogen) atoms. The minimum atomic E-state index is -0.490. The summed E-state index contributed by atoms with van der Waals surface area (Å²) in [4.78, 5) is 25.9. The number of para-hydroxylation sites is 1. The van der Waals surface area contributed by atoms with Gasteiger partial charge in [-0.3, -0.25) is 9.59 Å². The van der Waals surface area contributed by atoms with Gasteiger partial charge in [-0.05, 0) is 19.1 Å². The van der Waals surface area contributed by atoms with Crippen LogP contribution in [0.15, 0.2) is 30.3 Å². The average molecular weight is 231 g/mol. The van der Waals surface area contributed by atoms with Gasteiger partial charge in [0, 0.05) is 10.9 Å². The summed E-state index contributed by atoms with van der Waals surface area (Å²) < 4.78 is 4.73. The van der Waals surface area contributed by atoms with E-state index in [0.29, 0.717) is 12.3 Å². The van der Waals surface area contributed by atoms with Gasteiger partial charge in [0.05, 0.1) is 12.3 Å². The van der Waals surface area contributed by atoms with Crippen molar-refractivity contribution in [3.63, 3.8) is 0 Å². The maximum absolute atomic E-state index is 11.8. The Morgan fingerprint density at radius 3 is 2.76 bits per heavy atom. The van der Waals surface area contributed by atoms with Crippen molar-refractivity contribution in [2.45, 2.75) is 13.3 Å². The van der Waals surface area contributed by atoms with E-state index in [1.54, 1.807) is 13.0 Å². The van der Waals surface area contributed by atoms with Crippen LogP contribution in [0.5, 0.6) is 0 Å². The van der Waals surface area contributed by atoms with Gasteiger partial charge >= 0.3 is 5.97 Å². The molecule has 88 valence electrons. The summed E-state index contributed by atoms with van der Waals surface area (Å²) in [5.41, 5.74) is 1.33. The van der Waals surface area contributed by atoms with E-state index in [4.69, 9.17) is 4.74 Å². The summed E-state index contributed by atoms with van der Waals surface area (Å²) in [7, 11) is 0. The first kappa shape index (κ1) is 11.4. The Balaban J connectivity index is 2.16. The second-order valence-electron chi connectivity index (χ2n) is 3.68. The number of carbonyl (C=O) groups excluding carboxylic acids is 2. The van der Waals surface area contributed by atoms with Crippen LogP contribution in [0, 0.1) is 0 Å². The van der Waals surface area contributed by atoms with Crippen LogP contribution in [-0.4, -0.2) is 23.3 Å². The molecule has 1 heterocycles. The molecule has 0 saturated carbocycles. The quantitative estimate of drug-likeness (QED) is 0.499. The molecule has 0 aliphatic rings. The standard InChI is InChI=1S/C13H13NO3/c1-2-17-13(16)8-12(15)11-7-9-5-3-4-6-10(9)14-11/h3-7,14H,2,8H2,1H3. The molecule has 0 saturated heterocycles. The molecule has 2 rings (SSSR count). The Morgan fingerprint density at radius 2 is 2.06 bits per heavy atom. The van der Waals surface area contributed by atoms with Gasteiger partial charge in [-0.25, -0.2) is 0 Å². The van der Waals surface area contributed by atoms with Crippen molar-refractivity contribution in [3.8, 4) is 0 Å². The number of aromatic amines is 1. The lowest BCUT2D eigenvalue weighted by molar-refractivity contribution is -0.141. The molecule has 1 aromatic heterocycles. The smallest absolute Gasteiger partial charge is 0.313 e. The Kier molecular flexibility index (Phi) is 3.23. The maximum Gasteiger partial charge on any atom is 0.313 e. The van der Waals surface area contributed by atoms with Crippen LogP contribution in [0.3, 0.4) is 0 Å². The number of ketones is 1. The fraction of sp³-hybridized carbons (Fsp3) is 0.231. The highest BCUT2D eigenvalue weighted by atomic mass is 16.5.